The maximum Gasteiger partial charge on any atom is 0.261 e. The zero-order valence-electron chi connectivity index (χ0n) is 16.5. The monoisotopic (exact) mass is 409 g/mol. The second-order valence-electron chi connectivity index (χ2n) is 8.20. The smallest absolute Gasteiger partial charge is 0.261 e. The van der Waals surface area contributed by atoms with Gasteiger partial charge in [-0.2, -0.15) is 0 Å². The van der Waals surface area contributed by atoms with E-state index in [1.165, 1.54) is 25.9 Å². The third-order valence-corrected chi connectivity index (χ3v) is 6.62. The van der Waals surface area contributed by atoms with Gasteiger partial charge in [0, 0.05) is 30.1 Å². The fourth-order valence-electron chi connectivity index (χ4n) is 4.71. The van der Waals surface area contributed by atoms with E-state index in [2.05, 4.69) is 4.90 Å². The van der Waals surface area contributed by atoms with Gasteiger partial charge < -0.3 is 9.64 Å². The van der Waals surface area contributed by atoms with Gasteiger partial charge in [0.2, 0.25) is 0 Å². The molecule has 3 aliphatic heterocycles. The van der Waals surface area contributed by atoms with Gasteiger partial charge in [0.15, 0.2) is 0 Å². The van der Waals surface area contributed by atoms with Crippen LogP contribution in [0.15, 0.2) is 47.3 Å². The quantitative estimate of drug-likeness (QED) is 0.654. The number of benzene rings is 2. The minimum absolute atomic E-state index is 0.0849. The topological polar surface area (TPSA) is 47.4 Å². The minimum Gasteiger partial charge on any atom is -0.493 e. The van der Waals surface area contributed by atoms with Crippen molar-refractivity contribution in [2.24, 2.45) is 18.9 Å². The largest absolute Gasteiger partial charge is 0.493 e. The van der Waals surface area contributed by atoms with Crippen molar-refractivity contribution in [3.05, 3.63) is 57.8 Å². The van der Waals surface area contributed by atoms with Crippen LogP contribution in [0.2, 0.25) is 5.02 Å². The molecule has 29 heavy (non-hydrogen) atoms. The number of nitrogens with zero attached hydrogens (tertiary/aromatic N) is 3. The Hall–Kier alpha value is -2.37. The average molecular weight is 410 g/mol. The molecule has 3 aromatic rings. The minimum atomic E-state index is -0.0849. The first-order valence-corrected chi connectivity index (χ1v) is 10.6. The molecule has 3 aliphatic rings. The van der Waals surface area contributed by atoms with Crippen molar-refractivity contribution < 1.29 is 4.74 Å². The summed E-state index contributed by atoms with van der Waals surface area (Å²) in [5.74, 6) is 2.70. The standard InChI is InChI=1S/C23H24ClN3O2/c1-26-22(16-3-2-4-18(24)11-16)25-21-6-5-19(12-20(21)23(26)28)29-14-17-13-27-9-7-15(17)8-10-27/h2-6,11-12,15,17H,7-10,13-14H2,1H3. The van der Waals surface area contributed by atoms with Crippen LogP contribution in [-0.2, 0) is 7.05 Å². The van der Waals surface area contributed by atoms with E-state index in [0.717, 1.165) is 23.8 Å². The molecule has 3 fully saturated rings. The van der Waals surface area contributed by atoms with Crippen LogP contribution in [0.1, 0.15) is 12.8 Å². The SMILES string of the molecule is Cn1c(-c2cccc(Cl)c2)nc2ccc(OCC3CN4CCC3CC4)cc2c1=O. The fourth-order valence-corrected chi connectivity index (χ4v) is 4.90. The molecule has 2 bridgehead atoms. The molecule has 4 heterocycles. The number of hydrogen-bond acceptors (Lipinski definition) is 4. The maximum absolute atomic E-state index is 13.0. The summed E-state index contributed by atoms with van der Waals surface area (Å²) in [5.41, 5.74) is 1.40. The summed E-state index contributed by atoms with van der Waals surface area (Å²) in [7, 11) is 1.74. The van der Waals surface area contributed by atoms with Gasteiger partial charge in [-0.3, -0.25) is 9.36 Å². The molecule has 1 unspecified atom stereocenters. The van der Waals surface area contributed by atoms with Crippen LogP contribution in [0, 0.1) is 11.8 Å². The van der Waals surface area contributed by atoms with Crippen molar-refractivity contribution >= 4 is 22.5 Å². The second kappa shape index (κ2) is 7.47. The first-order valence-electron chi connectivity index (χ1n) is 10.2. The van der Waals surface area contributed by atoms with E-state index in [-0.39, 0.29) is 5.56 Å². The molecule has 0 aliphatic carbocycles. The van der Waals surface area contributed by atoms with Crippen LogP contribution in [0.5, 0.6) is 5.75 Å². The van der Waals surface area contributed by atoms with Crippen molar-refractivity contribution in [2.75, 3.05) is 26.2 Å². The molecule has 3 saturated heterocycles. The number of hydrogen-bond donors (Lipinski definition) is 0. The third kappa shape index (κ3) is 3.53. The maximum atomic E-state index is 13.0. The summed E-state index contributed by atoms with van der Waals surface area (Å²) in [5, 5.41) is 1.19. The van der Waals surface area contributed by atoms with Gasteiger partial charge in [0.1, 0.15) is 11.6 Å². The number of halogens is 1. The van der Waals surface area contributed by atoms with Gasteiger partial charge in [-0.05, 0) is 62.2 Å². The molecular formula is C23H24ClN3O2. The molecular weight excluding hydrogens is 386 g/mol. The van der Waals surface area contributed by atoms with Crippen LogP contribution >= 0.6 is 11.6 Å². The second-order valence-corrected chi connectivity index (χ2v) is 8.63. The lowest BCUT2D eigenvalue weighted by Gasteiger charge is -2.44. The Kier molecular flexibility index (Phi) is 4.80. The highest BCUT2D eigenvalue weighted by atomic mass is 35.5. The Morgan fingerprint density at radius 2 is 2.00 bits per heavy atom. The van der Waals surface area contributed by atoms with Crippen LogP contribution in [0.25, 0.3) is 22.3 Å². The molecule has 2 aromatic carbocycles. The van der Waals surface area contributed by atoms with E-state index >= 15 is 0 Å². The molecule has 0 spiro atoms. The van der Waals surface area contributed by atoms with E-state index in [1.807, 2.05) is 42.5 Å². The molecule has 0 radical (unpaired) electrons. The Balaban J connectivity index is 1.42. The van der Waals surface area contributed by atoms with Crippen molar-refractivity contribution in [3.8, 4) is 17.1 Å². The zero-order valence-corrected chi connectivity index (χ0v) is 17.2. The van der Waals surface area contributed by atoms with Crippen LogP contribution in [0.3, 0.4) is 0 Å². The van der Waals surface area contributed by atoms with Crippen molar-refractivity contribution in [2.45, 2.75) is 12.8 Å². The Labute approximate surface area is 174 Å². The van der Waals surface area contributed by atoms with Gasteiger partial charge >= 0.3 is 0 Å². The highest BCUT2D eigenvalue weighted by Crippen LogP contribution is 2.33. The van der Waals surface area contributed by atoms with Gasteiger partial charge in [-0.15, -0.1) is 0 Å². The average Bonchev–Trinajstić information content (AvgIpc) is 2.76. The van der Waals surface area contributed by atoms with Gasteiger partial charge in [0.25, 0.3) is 5.56 Å². The van der Waals surface area contributed by atoms with E-state index in [4.69, 9.17) is 21.3 Å². The highest BCUT2D eigenvalue weighted by molar-refractivity contribution is 6.30. The lowest BCUT2D eigenvalue weighted by molar-refractivity contribution is 0.0257. The van der Waals surface area contributed by atoms with Crippen molar-refractivity contribution in [1.29, 1.82) is 0 Å². The first-order chi connectivity index (χ1) is 14.1. The molecule has 1 atom stereocenters. The van der Waals surface area contributed by atoms with E-state index < -0.39 is 0 Å². The summed E-state index contributed by atoms with van der Waals surface area (Å²) >= 11 is 6.11. The van der Waals surface area contributed by atoms with Crippen LogP contribution < -0.4 is 10.3 Å². The lowest BCUT2D eigenvalue weighted by Crippen LogP contribution is -2.49. The summed E-state index contributed by atoms with van der Waals surface area (Å²) in [6, 6.07) is 13.0. The van der Waals surface area contributed by atoms with Crippen LogP contribution in [-0.4, -0.2) is 40.7 Å². The van der Waals surface area contributed by atoms with E-state index in [1.54, 1.807) is 11.6 Å². The molecule has 6 heteroatoms. The molecule has 150 valence electrons. The Morgan fingerprint density at radius 3 is 2.72 bits per heavy atom. The molecule has 5 nitrogen and oxygen atoms in total. The first kappa shape index (κ1) is 18.6. The number of piperidine rings is 3. The molecule has 6 rings (SSSR count). The number of aromatic nitrogens is 2. The van der Waals surface area contributed by atoms with Gasteiger partial charge in [-0.25, -0.2) is 4.98 Å². The number of ether oxygens (including phenoxy) is 1. The van der Waals surface area contributed by atoms with Crippen molar-refractivity contribution in [3.63, 3.8) is 0 Å². The van der Waals surface area contributed by atoms with Crippen molar-refractivity contribution in [1.82, 2.24) is 14.5 Å². The summed E-state index contributed by atoms with van der Waals surface area (Å²) < 4.78 is 7.69. The van der Waals surface area contributed by atoms with Gasteiger partial charge in [-0.1, -0.05) is 23.7 Å². The lowest BCUT2D eigenvalue weighted by atomic mass is 9.79. The highest BCUT2D eigenvalue weighted by Gasteiger charge is 2.34. The normalized spacial score (nSPS) is 23.4. The fraction of sp³-hybridized carbons (Fsp3) is 0.391. The summed E-state index contributed by atoms with van der Waals surface area (Å²) in [6.45, 7) is 4.30. The predicted octanol–water partition coefficient (Wildman–Crippen LogP) is 3.97. The number of fused-ring (bicyclic) bond motifs is 4. The third-order valence-electron chi connectivity index (χ3n) is 6.39. The molecule has 0 saturated carbocycles. The van der Waals surface area contributed by atoms with E-state index in [9.17, 15) is 4.79 Å². The predicted molar refractivity (Wildman–Crippen MR) is 116 cm³/mol. The molecule has 1 aromatic heterocycles. The zero-order chi connectivity index (χ0) is 20.0. The number of rotatable bonds is 4. The summed E-state index contributed by atoms with van der Waals surface area (Å²) in [4.78, 5) is 20.2. The molecule has 0 N–H and O–H groups in total. The molecule has 0 amide bonds. The summed E-state index contributed by atoms with van der Waals surface area (Å²) in [6.07, 6.45) is 2.56. The van der Waals surface area contributed by atoms with Crippen LogP contribution in [0.4, 0.5) is 0 Å². The van der Waals surface area contributed by atoms with Gasteiger partial charge in [0.05, 0.1) is 17.5 Å². The Morgan fingerprint density at radius 1 is 1.17 bits per heavy atom. The van der Waals surface area contributed by atoms with E-state index in [0.29, 0.717) is 34.3 Å². The Bertz CT molecular complexity index is 1120.